The summed E-state index contributed by atoms with van der Waals surface area (Å²) in [6, 6.07) is 20.7. The van der Waals surface area contributed by atoms with Gasteiger partial charge in [0.1, 0.15) is 5.69 Å². The van der Waals surface area contributed by atoms with Crippen molar-refractivity contribution in [3.63, 3.8) is 0 Å². The van der Waals surface area contributed by atoms with E-state index in [2.05, 4.69) is 63.6 Å². The van der Waals surface area contributed by atoms with Crippen LogP contribution >= 0.6 is 0 Å². The van der Waals surface area contributed by atoms with Crippen LogP contribution in [-0.4, -0.2) is 19.6 Å². The molecule has 5 rings (SSSR count). The Morgan fingerprint density at radius 1 is 0.826 bits per heavy atom. The maximum Gasteiger partial charge on any atom is 0.182 e. The van der Waals surface area contributed by atoms with Gasteiger partial charge in [0.25, 0.3) is 0 Å². The lowest BCUT2D eigenvalue weighted by Gasteiger charge is -2.08. The molecule has 2 aliphatic heterocycles. The van der Waals surface area contributed by atoms with Crippen molar-refractivity contribution in [1.29, 1.82) is 0 Å². The number of benzene rings is 2. The first kappa shape index (κ1) is 12.3. The van der Waals surface area contributed by atoms with Crippen LogP contribution in [0.1, 0.15) is 0 Å². The molecule has 0 bridgehead atoms. The standard InChI is InChI=1S/C19H12N4/c1-2-4-13(5-3-1)15-7-6-14-9-11-23-19(16(14)12-15)21-18-17(22-23)8-10-20-18/h1-12H. The Balaban J connectivity index is 1.86. The van der Waals surface area contributed by atoms with E-state index in [0.717, 1.165) is 22.1 Å². The second-order valence-electron chi connectivity index (χ2n) is 5.52. The molecule has 0 aliphatic carbocycles. The van der Waals surface area contributed by atoms with E-state index in [-0.39, 0.29) is 0 Å². The van der Waals surface area contributed by atoms with E-state index in [1.54, 1.807) is 6.20 Å². The number of pyridine rings is 1. The van der Waals surface area contributed by atoms with Crippen molar-refractivity contribution >= 4 is 16.4 Å². The number of fused-ring (bicyclic) bond motifs is 4. The molecular weight excluding hydrogens is 284 g/mol. The first-order chi connectivity index (χ1) is 11.4. The Kier molecular flexibility index (Phi) is 2.46. The van der Waals surface area contributed by atoms with Gasteiger partial charge in [0.15, 0.2) is 11.5 Å². The highest BCUT2D eigenvalue weighted by Gasteiger charge is 2.11. The molecular formula is C19H12N4. The highest BCUT2D eigenvalue weighted by Crippen LogP contribution is 2.27. The molecule has 2 aromatic carbocycles. The Hall–Kier alpha value is -3.27. The summed E-state index contributed by atoms with van der Waals surface area (Å²) in [5.41, 5.74) is 3.99. The summed E-state index contributed by atoms with van der Waals surface area (Å²) in [4.78, 5) is 8.96. The molecule has 0 amide bonds. The molecule has 0 radical (unpaired) electrons. The summed E-state index contributed by atoms with van der Waals surface area (Å²) < 4.78 is 1.82. The molecule has 0 atom stereocenters. The molecule has 0 fully saturated rings. The predicted octanol–water partition coefficient (Wildman–Crippen LogP) is 4.05. The number of hydrogen-bond acceptors (Lipinski definition) is 3. The molecule has 4 heteroatoms. The summed E-state index contributed by atoms with van der Waals surface area (Å²) in [7, 11) is 0. The van der Waals surface area contributed by atoms with E-state index in [1.165, 1.54) is 11.1 Å². The minimum Gasteiger partial charge on any atom is -0.235 e. The first-order valence-electron chi connectivity index (χ1n) is 7.48. The van der Waals surface area contributed by atoms with Gasteiger partial charge in [0.2, 0.25) is 0 Å². The molecule has 2 aliphatic rings. The van der Waals surface area contributed by atoms with E-state index in [4.69, 9.17) is 0 Å². The summed E-state index contributed by atoms with van der Waals surface area (Å²) in [5.74, 6) is 0.683. The summed E-state index contributed by atoms with van der Waals surface area (Å²) in [6.45, 7) is 0. The summed E-state index contributed by atoms with van der Waals surface area (Å²) in [5, 5.41) is 6.80. The third-order valence-corrected chi connectivity index (χ3v) is 4.10. The van der Waals surface area contributed by atoms with Crippen molar-refractivity contribution in [2.45, 2.75) is 0 Å². The molecule has 1 aromatic heterocycles. The number of hydrogen-bond donors (Lipinski definition) is 0. The van der Waals surface area contributed by atoms with Crippen LogP contribution in [0.15, 0.2) is 73.1 Å². The fourth-order valence-electron chi connectivity index (χ4n) is 2.94. The van der Waals surface area contributed by atoms with Gasteiger partial charge in [-0.2, -0.15) is 5.10 Å². The smallest absolute Gasteiger partial charge is 0.182 e. The van der Waals surface area contributed by atoms with Crippen molar-refractivity contribution in [2.75, 3.05) is 0 Å². The van der Waals surface area contributed by atoms with E-state index in [1.807, 2.05) is 22.8 Å². The Morgan fingerprint density at radius 3 is 2.65 bits per heavy atom. The zero-order chi connectivity index (χ0) is 15.2. The largest absolute Gasteiger partial charge is 0.235 e. The Morgan fingerprint density at radius 2 is 1.74 bits per heavy atom. The highest BCUT2D eigenvalue weighted by molar-refractivity contribution is 5.96. The Bertz CT molecular complexity index is 1110. The maximum atomic E-state index is 4.69. The predicted molar refractivity (Wildman–Crippen MR) is 90.3 cm³/mol. The van der Waals surface area contributed by atoms with Crippen LogP contribution in [-0.2, 0) is 0 Å². The average molecular weight is 296 g/mol. The SMILES string of the molecule is c1ccc(-c2ccc3ccn4nc5ccnc-5nc4c3c2)cc1. The molecule has 0 saturated heterocycles. The van der Waals surface area contributed by atoms with E-state index >= 15 is 0 Å². The quantitative estimate of drug-likeness (QED) is 0.438. The maximum absolute atomic E-state index is 4.69. The van der Waals surface area contributed by atoms with Crippen molar-refractivity contribution in [2.24, 2.45) is 0 Å². The third-order valence-electron chi connectivity index (χ3n) is 4.10. The normalized spacial score (nSPS) is 11.5. The van der Waals surface area contributed by atoms with Crippen LogP contribution in [0.5, 0.6) is 0 Å². The molecule has 0 saturated carbocycles. The second kappa shape index (κ2) is 4.61. The van der Waals surface area contributed by atoms with Crippen LogP contribution < -0.4 is 0 Å². The zero-order valence-electron chi connectivity index (χ0n) is 12.2. The molecule has 0 N–H and O–H groups in total. The van der Waals surface area contributed by atoms with Gasteiger partial charge in [0, 0.05) is 17.8 Å². The van der Waals surface area contributed by atoms with Gasteiger partial charge in [-0.05, 0) is 34.7 Å². The first-order valence-corrected chi connectivity index (χ1v) is 7.48. The zero-order valence-corrected chi connectivity index (χ0v) is 12.2. The van der Waals surface area contributed by atoms with Crippen LogP contribution in [0, 0.1) is 0 Å². The number of rotatable bonds is 1. The van der Waals surface area contributed by atoms with Crippen LogP contribution in [0.2, 0.25) is 0 Å². The lowest BCUT2D eigenvalue weighted by Crippen LogP contribution is -2.01. The van der Waals surface area contributed by atoms with Gasteiger partial charge in [0.05, 0.1) is 0 Å². The molecule has 0 unspecified atom stereocenters. The van der Waals surface area contributed by atoms with Gasteiger partial charge < -0.3 is 0 Å². The van der Waals surface area contributed by atoms with Crippen LogP contribution in [0.25, 0.3) is 39.1 Å². The fraction of sp³-hybridized carbons (Fsp3) is 0. The van der Waals surface area contributed by atoms with Crippen molar-refractivity contribution in [3.05, 3.63) is 73.1 Å². The van der Waals surface area contributed by atoms with Gasteiger partial charge in [-0.1, -0.05) is 42.5 Å². The lowest BCUT2D eigenvalue weighted by atomic mass is 10.0. The minimum atomic E-state index is 0.683. The van der Waals surface area contributed by atoms with E-state index in [0.29, 0.717) is 5.82 Å². The molecule has 0 spiro atoms. The summed E-state index contributed by atoms with van der Waals surface area (Å²) >= 11 is 0. The molecule has 4 nitrogen and oxygen atoms in total. The Labute approximate surface area is 132 Å². The molecule has 108 valence electrons. The fourth-order valence-corrected chi connectivity index (χ4v) is 2.94. The van der Waals surface area contributed by atoms with E-state index in [9.17, 15) is 0 Å². The molecule has 23 heavy (non-hydrogen) atoms. The van der Waals surface area contributed by atoms with Crippen LogP contribution in [0.4, 0.5) is 0 Å². The average Bonchev–Trinajstić information content (AvgIpc) is 3.07. The monoisotopic (exact) mass is 296 g/mol. The second-order valence-corrected chi connectivity index (χ2v) is 5.52. The van der Waals surface area contributed by atoms with Gasteiger partial charge >= 0.3 is 0 Å². The topological polar surface area (TPSA) is 43.1 Å². The lowest BCUT2D eigenvalue weighted by molar-refractivity contribution is 0.903. The van der Waals surface area contributed by atoms with Gasteiger partial charge in [-0.3, -0.25) is 0 Å². The number of aromatic nitrogens is 4. The highest BCUT2D eigenvalue weighted by atomic mass is 15.3. The van der Waals surface area contributed by atoms with Gasteiger partial charge in [-0.25, -0.2) is 14.5 Å². The van der Waals surface area contributed by atoms with Crippen LogP contribution in [0.3, 0.4) is 0 Å². The minimum absolute atomic E-state index is 0.683. The third kappa shape index (κ3) is 1.89. The van der Waals surface area contributed by atoms with Gasteiger partial charge in [-0.15, -0.1) is 0 Å². The summed E-state index contributed by atoms with van der Waals surface area (Å²) in [6.07, 6.45) is 3.68. The van der Waals surface area contributed by atoms with Crippen molar-refractivity contribution < 1.29 is 0 Å². The molecule has 3 aromatic rings. The number of nitrogens with zero attached hydrogens (tertiary/aromatic N) is 4. The molecule has 3 heterocycles. The van der Waals surface area contributed by atoms with Crippen molar-refractivity contribution in [1.82, 2.24) is 19.6 Å². The van der Waals surface area contributed by atoms with E-state index < -0.39 is 0 Å². The van der Waals surface area contributed by atoms with Crippen molar-refractivity contribution in [3.8, 4) is 22.6 Å².